The molecule has 0 aromatic carbocycles. The molecule has 1 heterocycles. The molecule has 19 heavy (non-hydrogen) atoms. The lowest BCUT2D eigenvalue weighted by Gasteiger charge is -2.26. The van der Waals surface area contributed by atoms with Crippen LogP contribution in [0.1, 0.15) is 37.2 Å². The fraction of sp³-hybridized carbons (Fsp3) is 0.583. The fourth-order valence-electron chi connectivity index (χ4n) is 1.47. The third-order valence-corrected chi connectivity index (χ3v) is 2.69. The van der Waals surface area contributed by atoms with Crippen LogP contribution < -0.4 is 0 Å². The summed E-state index contributed by atoms with van der Waals surface area (Å²) in [6, 6.07) is -0.0535. The molecule has 0 radical (unpaired) electrons. The second-order valence-corrected chi connectivity index (χ2v) is 4.95. The summed E-state index contributed by atoms with van der Waals surface area (Å²) in [5.74, 6) is -0.530. The first kappa shape index (κ1) is 15.5. The van der Waals surface area contributed by atoms with Crippen molar-refractivity contribution in [2.75, 3.05) is 7.11 Å². The molecule has 0 N–H and O–H groups in total. The number of amides is 1. The van der Waals surface area contributed by atoms with Crippen LogP contribution in [0.5, 0.6) is 0 Å². The average Bonchev–Trinajstić information content (AvgIpc) is 2.82. The molecule has 0 aliphatic carbocycles. The first-order valence-corrected chi connectivity index (χ1v) is 6.27. The van der Waals surface area contributed by atoms with Gasteiger partial charge in [-0.15, -0.1) is 11.6 Å². The number of rotatable bonds is 5. The van der Waals surface area contributed by atoms with Crippen LogP contribution in [0.25, 0.3) is 0 Å². The zero-order valence-electron chi connectivity index (χ0n) is 11.3. The quantitative estimate of drug-likeness (QED) is 0.610. The lowest BCUT2D eigenvalue weighted by molar-refractivity contribution is -0.133. The number of alkyl halides is 1. The number of oxazole rings is 1. The molecule has 0 fully saturated rings. The van der Waals surface area contributed by atoms with Crippen LogP contribution in [0, 0.1) is 0 Å². The van der Waals surface area contributed by atoms with Gasteiger partial charge in [0.2, 0.25) is 11.8 Å². The number of hydrogen-bond acceptors (Lipinski definition) is 5. The minimum absolute atomic E-state index is 0.0535. The Morgan fingerprint density at radius 1 is 1.47 bits per heavy atom. The highest BCUT2D eigenvalue weighted by molar-refractivity contribution is 6.30. The van der Waals surface area contributed by atoms with Crippen molar-refractivity contribution in [3.05, 3.63) is 17.8 Å². The summed E-state index contributed by atoms with van der Waals surface area (Å²) in [4.78, 5) is 28.7. The molecule has 0 aliphatic rings. The number of ether oxygens (including phenoxy) is 1. The topological polar surface area (TPSA) is 72.6 Å². The van der Waals surface area contributed by atoms with Crippen molar-refractivity contribution < 1.29 is 18.7 Å². The Morgan fingerprint density at radius 3 is 2.58 bits per heavy atom. The lowest BCUT2D eigenvalue weighted by Crippen LogP contribution is -2.40. The van der Waals surface area contributed by atoms with Crippen LogP contribution in [-0.2, 0) is 16.1 Å². The number of methoxy groups -OCH3 is 1. The molecular weight excluding hydrogens is 272 g/mol. The molecule has 1 rings (SSSR count). The van der Waals surface area contributed by atoms with E-state index < -0.39 is 11.3 Å². The van der Waals surface area contributed by atoms with Crippen LogP contribution in [0.3, 0.4) is 0 Å². The second-order valence-electron chi connectivity index (χ2n) is 4.29. The minimum Gasteiger partial charge on any atom is -0.464 e. The lowest BCUT2D eigenvalue weighted by atomic mass is 10.2. The third kappa shape index (κ3) is 3.96. The van der Waals surface area contributed by atoms with Crippen molar-refractivity contribution >= 4 is 23.5 Å². The standard InChI is InChI=1S/C12H17ClN2O4/c1-7(2)15(11(16)8(3)13)5-10-14-9(6-19-10)12(17)18-4/h6-8H,5H2,1-4H3. The van der Waals surface area contributed by atoms with Crippen molar-refractivity contribution in [3.8, 4) is 0 Å². The molecule has 1 aromatic heterocycles. The maximum atomic E-state index is 11.9. The Hall–Kier alpha value is -1.56. The summed E-state index contributed by atoms with van der Waals surface area (Å²) < 4.78 is 9.67. The van der Waals surface area contributed by atoms with Gasteiger partial charge in [-0.1, -0.05) is 0 Å². The minimum atomic E-state index is -0.627. The molecule has 1 unspecified atom stereocenters. The van der Waals surface area contributed by atoms with Gasteiger partial charge in [-0.25, -0.2) is 9.78 Å². The largest absolute Gasteiger partial charge is 0.464 e. The van der Waals surface area contributed by atoms with Crippen molar-refractivity contribution in [3.63, 3.8) is 0 Å². The van der Waals surface area contributed by atoms with Gasteiger partial charge in [-0.2, -0.15) is 0 Å². The fourth-order valence-corrected chi connectivity index (χ4v) is 1.60. The Labute approximate surface area is 116 Å². The van der Waals surface area contributed by atoms with Gasteiger partial charge in [0.15, 0.2) is 5.69 Å². The van der Waals surface area contributed by atoms with Crippen LogP contribution in [-0.4, -0.2) is 40.3 Å². The van der Waals surface area contributed by atoms with E-state index in [0.717, 1.165) is 0 Å². The van der Waals surface area contributed by atoms with Crippen molar-refractivity contribution in [1.29, 1.82) is 0 Å². The number of nitrogens with zero attached hydrogens (tertiary/aromatic N) is 2. The van der Waals surface area contributed by atoms with Gasteiger partial charge >= 0.3 is 5.97 Å². The summed E-state index contributed by atoms with van der Waals surface area (Å²) in [5, 5.41) is -0.627. The molecule has 7 heteroatoms. The summed E-state index contributed by atoms with van der Waals surface area (Å²) >= 11 is 5.80. The van der Waals surface area contributed by atoms with Gasteiger partial charge < -0.3 is 14.1 Å². The van der Waals surface area contributed by atoms with Gasteiger partial charge in [0.1, 0.15) is 11.6 Å². The van der Waals surface area contributed by atoms with E-state index in [9.17, 15) is 9.59 Å². The number of halogens is 1. The number of carbonyl (C=O) groups is 2. The molecule has 106 valence electrons. The van der Waals surface area contributed by atoms with Crippen molar-refractivity contribution in [1.82, 2.24) is 9.88 Å². The normalized spacial score (nSPS) is 12.3. The zero-order chi connectivity index (χ0) is 14.6. The highest BCUT2D eigenvalue weighted by Gasteiger charge is 2.24. The van der Waals surface area contributed by atoms with Gasteiger partial charge in [0.05, 0.1) is 13.7 Å². The van der Waals surface area contributed by atoms with E-state index in [0.29, 0.717) is 0 Å². The number of aromatic nitrogens is 1. The van der Waals surface area contributed by atoms with E-state index in [-0.39, 0.29) is 30.1 Å². The summed E-state index contributed by atoms with van der Waals surface area (Å²) in [6.45, 7) is 5.49. The van der Waals surface area contributed by atoms with Crippen molar-refractivity contribution in [2.45, 2.75) is 38.7 Å². The predicted molar refractivity (Wildman–Crippen MR) is 68.8 cm³/mol. The summed E-state index contributed by atoms with van der Waals surface area (Å²) in [5.41, 5.74) is 0.0765. The molecule has 1 aromatic rings. The summed E-state index contributed by atoms with van der Waals surface area (Å²) in [7, 11) is 1.26. The SMILES string of the molecule is COC(=O)c1coc(CN(C(=O)C(C)Cl)C(C)C)n1. The highest BCUT2D eigenvalue weighted by atomic mass is 35.5. The van der Waals surface area contributed by atoms with E-state index in [1.165, 1.54) is 18.3 Å². The van der Waals surface area contributed by atoms with Gasteiger partial charge in [0.25, 0.3) is 0 Å². The predicted octanol–water partition coefficient (Wildman–Crippen LogP) is 1.83. The number of esters is 1. The smallest absolute Gasteiger partial charge is 0.360 e. The average molecular weight is 289 g/mol. The molecule has 0 saturated heterocycles. The van der Waals surface area contributed by atoms with Crippen LogP contribution in [0.4, 0.5) is 0 Å². The van der Waals surface area contributed by atoms with E-state index >= 15 is 0 Å². The van der Waals surface area contributed by atoms with E-state index in [4.69, 9.17) is 16.0 Å². The monoisotopic (exact) mass is 288 g/mol. The molecule has 0 spiro atoms. The number of carbonyl (C=O) groups excluding carboxylic acids is 2. The Balaban J connectivity index is 2.83. The van der Waals surface area contributed by atoms with Gasteiger partial charge in [-0.3, -0.25) is 4.79 Å². The number of hydrogen-bond donors (Lipinski definition) is 0. The zero-order valence-corrected chi connectivity index (χ0v) is 12.1. The molecule has 0 saturated carbocycles. The van der Waals surface area contributed by atoms with Gasteiger partial charge in [0, 0.05) is 6.04 Å². The van der Waals surface area contributed by atoms with Crippen LogP contribution in [0.15, 0.2) is 10.7 Å². The molecule has 1 atom stereocenters. The maximum absolute atomic E-state index is 11.9. The molecular formula is C12H17ClN2O4. The van der Waals surface area contributed by atoms with Crippen molar-refractivity contribution in [2.24, 2.45) is 0 Å². The second kappa shape index (κ2) is 6.56. The molecule has 6 nitrogen and oxygen atoms in total. The Kier molecular flexibility index (Phi) is 5.35. The third-order valence-electron chi connectivity index (χ3n) is 2.50. The molecule has 0 aliphatic heterocycles. The van der Waals surface area contributed by atoms with E-state index in [2.05, 4.69) is 9.72 Å². The molecule has 0 bridgehead atoms. The summed E-state index contributed by atoms with van der Waals surface area (Å²) in [6.07, 6.45) is 1.20. The van der Waals surface area contributed by atoms with Gasteiger partial charge in [-0.05, 0) is 20.8 Å². The molecule has 1 amide bonds. The van der Waals surface area contributed by atoms with E-state index in [1.54, 1.807) is 6.92 Å². The van der Waals surface area contributed by atoms with Crippen LogP contribution >= 0.6 is 11.6 Å². The highest BCUT2D eigenvalue weighted by Crippen LogP contribution is 2.12. The van der Waals surface area contributed by atoms with Crippen LogP contribution in [0.2, 0.25) is 0 Å². The Morgan fingerprint density at radius 2 is 2.11 bits per heavy atom. The first-order chi connectivity index (χ1) is 8.86. The van der Waals surface area contributed by atoms with E-state index in [1.807, 2.05) is 13.8 Å². The Bertz CT molecular complexity index is 456. The maximum Gasteiger partial charge on any atom is 0.360 e. The first-order valence-electron chi connectivity index (χ1n) is 5.84.